The maximum absolute atomic E-state index is 12.6. The summed E-state index contributed by atoms with van der Waals surface area (Å²) >= 11 is 0. The molecule has 2 aromatic carbocycles. The number of hydrogen-bond donors (Lipinski definition) is 1. The number of likely N-dealkylation sites (tertiary alicyclic amines) is 1. The molecule has 2 heterocycles. The Bertz CT molecular complexity index is 1040. The summed E-state index contributed by atoms with van der Waals surface area (Å²) in [5, 5.41) is 4.80. The second-order valence-corrected chi connectivity index (χ2v) is 6.85. The van der Waals surface area contributed by atoms with Gasteiger partial charge in [0, 0.05) is 16.8 Å². The predicted molar refractivity (Wildman–Crippen MR) is 106 cm³/mol. The molecule has 1 amide bonds. The summed E-state index contributed by atoms with van der Waals surface area (Å²) in [6.45, 7) is 0.800. The smallest absolute Gasteiger partial charge is 0.323 e. The fourth-order valence-electron chi connectivity index (χ4n) is 3.81. The Labute approximate surface area is 162 Å². The van der Waals surface area contributed by atoms with Gasteiger partial charge in [-0.3, -0.25) is 14.5 Å². The van der Waals surface area contributed by atoms with Crippen molar-refractivity contribution >= 4 is 39.5 Å². The van der Waals surface area contributed by atoms with E-state index in [0.29, 0.717) is 30.0 Å². The lowest BCUT2D eigenvalue weighted by Crippen LogP contribution is -2.41. The van der Waals surface area contributed by atoms with Crippen LogP contribution in [0.4, 0.5) is 5.69 Å². The zero-order chi connectivity index (χ0) is 19.7. The van der Waals surface area contributed by atoms with Crippen LogP contribution in [0.1, 0.15) is 12.8 Å². The number of nitrogens with one attached hydrogen (secondary N) is 1. The van der Waals surface area contributed by atoms with Crippen LogP contribution in [0.2, 0.25) is 0 Å². The van der Waals surface area contributed by atoms with Gasteiger partial charge in [0.05, 0.1) is 26.5 Å². The Kier molecular flexibility index (Phi) is 4.92. The largest absolute Gasteiger partial charge is 0.495 e. The van der Waals surface area contributed by atoms with Gasteiger partial charge >= 0.3 is 5.97 Å². The monoisotopic (exact) mass is 382 g/mol. The van der Waals surface area contributed by atoms with Crippen molar-refractivity contribution in [2.24, 2.45) is 0 Å². The molecule has 1 atom stereocenters. The molecule has 0 radical (unpaired) electrons. The van der Waals surface area contributed by atoms with E-state index < -0.39 is 0 Å². The van der Waals surface area contributed by atoms with E-state index in [0.717, 1.165) is 22.8 Å². The highest BCUT2D eigenvalue weighted by Gasteiger charge is 2.32. The van der Waals surface area contributed by atoms with E-state index in [2.05, 4.69) is 5.32 Å². The Morgan fingerprint density at radius 2 is 2.00 bits per heavy atom. The number of esters is 1. The molecule has 1 aromatic heterocycles. The van der Waals surface area contributed by atoms with E-state index in [-0.39, 0.29) is 24.5 Å². The molecule has 7 nitrogen and oxygen atoms in total. The molecule has 7 heteroatoms. The maximum atomic E-state index is 12.6. The maximum Gasteiger partial charge on any atom is 0.323 e. The van der Waals surface area contributed by atoms with E-state index in [1.807, 2.05) is 35.2 Å². The summed E-state index contributed by atoms with van der Waals surface area (Å²) in [6.07, 6.45) is 1.57. The van der Waals surface area contributed by atoms with Crippen molar-refractivity contribution in [3.63, 3.8) is 0 Å². The van der Waals surface area contributed by atoms with E-state index in [1.54, 1.807) is 13.2 Å². The average molecular weight is 382 g/mol. The molecule has 3 aromatic rings. The van der Waals surface area contributed by atoms with Crippen LogP contribution >= 0.6 is 0 Å². The molecule has 0 aliphatic carbocycles. The first-order chi connectivity index (χ1) is 13.6. The number of methoxy groups -OCH3 is 2. The number of rotatable bonds is 5. The number of nitrogens with zero attached hydrogens (tertiary/aromatic N) is 1. The van der Waals surface area contributed by atoms with Gasteiger partial charge in [-0.2, -0.15) is 0 Å². The molecule has 1 unspecified atom stereocenters. The van der Waals surface area contributed by atoms with Crippen LogP contribution in [0.3, 0.4) is 0 Å². The summed E-state index contributed by atoms with van der Waals surface area (Å²) in [4.78, 5) is 26.3. The van der Waals surface area contributed by atoms with Crippen LogP contribution < -0.4 is 10.1 Å². The number of ether oxygens (including phenoxy) is 2. The molecule has 1 saturated heterocycles. The summed E-state index contributed by atoms with van der Waals surface area (Å²) in [6, 6.07) is 11.0. The standard InChI is InChI=1S/C21H22N2O5/c1-26-19-10-14-13-6-3-4-8-17(13)28-18(14)11-15(19)22-20(24)12-23-9-5-7-16(23)21(25)27-2/h3-4,6,8,10-11,16H,5,7,9,12H2,1-2H3,(H,22,24). The highest BCUT2D eigenvalue weighted by Crippen LogP contribution is 2.36. The first kappa shape index (κ1) is 18.3. The molecule has 4 rings (SSSR count). The fourth-order valence-corrected chi connectivity index (χ4v) is 3.81. The van der Waals surface area contributed by atoms with Crippen molar-refractivity contribution in [1.82, 2.24) is 4.90 Å². The average Bonchev–Trinajstić information content (AvgIpc) is 3.30. The SMILES string of the molecule is COC(=O)C1CCCN1CC(=O)Nc1cc2oc3ccccc3c2cc1OC. The van der Waals surface area contributed by atoms with Gasteiger partial charge in [0.1, 0.15) is 23.0 Å². The molecule has 1 aliphatic heterocycles. The van der Waals surface area contributed by atoms with E-state index in [4.69, 9.17) is 13.9 Å². The molecule has 0 bridgehead atoms. The topological polar surface area (TPSA) is 81.0 Å². The van der Waals surface area contributed by atoms with Gasteiger partial charge in [-0.15, -0.1) is 0 Å². The minimum absolute atomic E-state index is 0.112. The zero-order valence-electron chi connectivity index (χ0n) is 15.9. The van der Waals surface area contributed by atoms with Gasteiger partial charge < -0.3 is 19.2 Å². The number of anilines is 1. The number of carbonyl (C=O) groups is 2. The van der Waals surface area contributed by atoms with Crippen molar-refractivity contribution in [2.45, 2.75) is 18.9 Å². The Hall–Kier alpha value is -3.06. The molecular weight excluding hydrogens is 360 g/mol. The molecular formula is C21H22N2O5. The van der Waals surface area contributed by atoms with Gasteiger partial charge in [0.15, 0.2) is 0 Å². The summed E-state index contributed by atoms with van der Waals surface area (Å²) < 4.78 is 16.2. The second-order valence-electron chi connectivity index (χ2n) is 6.85. The van der Waals surface area contributed by atoms with Gasteiger partial charge in [0.2, 0.25) is 5.91 Å². The summed E-state index contributed by atoms with van der Waals surface area (Å²) in [5.74, 6) is 0.0366. The third kappa shape index (κ3) is 3.29. The van der Waals surface area contributed by atoms with Crippen LogP contribution in [0.5, 0.6) is 5.75 Å². The van der Waals surface area contributed by atoms with Crippen molar-refractivity contribution < 1.29 is 23.5 Å². The number of benzene rings is 2. The minimum atomic E-state index is -0.365. The molecule has 28 heavy (non-hydrogen) atoms. The number of para-hydroxylation sites is 1. The quantitative estimate of drug-likeness (QED) is 0.683. The Balaban J connectivity index is 1.57. The fraction of sp³-hybridized carbons (Fsp3) is 0.333. The number of carbonyl (C=O) groups excluding carboxylic acids is 2. The first-order valence-corrected chi connectivity index (χ1v) is 9.21. The van der Waals surface area contributed by atoms with E-state index in [9.17, 15) is 9.59 Å². The van der Waals surface area contributed by atoms with Gasteiger partial charge in [-0.25, -0.2) is 0 Å². The van der Waals surface area contributed by atoms with E-state index in [1.165, 1.54) is 7.11 Å². The van der Waals surface area contributed by atoms with Crippen LogP contribution in [-0.4, -0.2) is 50.1 Å². The molecule has 1 N–H and O–H groups in total. The summed E-state index contributed by atoms with van der Waals surface area (Å²) in [5.41, 5.74) is 1.99. The number of hydrogen-bond acceptors (Lipinski definition) is 6. The Morgan fingerprint density at radius 1 is 1.18 bits per heavy atom. The van der Waals surface area contributed by atoms with Crippen LogP contribution in [0.15, 0.2) is 40.8 Å². The highest BCUT2D eigenvalue weighted by atomic mass is 16.5. The van der Waals surface area contributed by atoms with Crippen molar-refractivity contribution in [1.29, 1.82) is 0 Å². The van der Waals surface area contributed by atoms with Crippen molar-refractivity contribution in [3.8, 4) is 5.75 Å². The third-order valence-corrected chi connectivity index (χ3v) is 5.16. The first-order valence-electron chi connectivity index (χ1n) is 9.21. The van der Waals surface area contributed by atoms with Crippen molar-refractivity contribution in [2.75, 3.05) is 32.6 Å². The second kappa shape index (κ2) is 7.52. The van der Waals surface area contributed by atoms with Gasteiger partial charge in [0.25, 0.3) is 0 Å². The lowest BCUT2D eigenvalue weighted by atomic mass is 10.1. The lowest BCUT2D eigenvalue weighted by Gasteiger charge is -2.21. The van der Waals surface area contributed by atoms with Gasteiger partial charge in [-0.1, -0.05) is 18.2 Å². The number of fused-ring (bicyclic) bond motifs is 3. The molecule has 146 valence electrons. The third-order valence-electron chi connectivity index (χ3n) is 5.16. The lowest BCUT2D eigenvalue weighted by molar-refractivity contribution is -0.146. The van der Waals surface area contributed by atoms with Crippen LogP contribution in [0, 0.1) is 0 Å². The predicted octanol–water partition coefficient (Wildman–Crippen LogP) is 3.17. The zero-order valence-corrected chi connectivity index (χ0v) is 15.9. The van der Waals surface area contributed by atoms with Crippen LogP contribution in [0.25, 0.3) is 21.9 Å². The molecule has 1 aliphatic rings. The highest BCUT2D eigenvalue weighted by molar-refractivity contribution is 6.07. The minimum Gasteiger partial charge on any atom is -0.495 e. The number of amides is 1. The number of furan rings is 1. The molecule has 0 spiro atoms. The van der Waals surface area contributed by atoms with Crippen molar-refractivity contribution in [3.05, 3.63) is 36.4 Å². The Morgan fingerprint density at radius 3 is 2.79 bits per heavy atom. The molecule has 0 saturated carbocycles. The van der Waals surface area contributed by atoms with E-state index >= 15 is 0 Å². The normalized spacial score (nSPS) is 17.1. The summed E-state index contributed by atoms with van der Waals surface area (Å²) in [7, 11) is 2.93. The van der Waals surface area contributed by atoms with Crippen LogP contribution in [-0.2, 0) is 14.3 Å². The van der Waals surface area contributed by atoms with Gasteiger partial charge in [-0.05, 0) is 31.5 Å². The molecule has 1 fully saturated rings.